The van der Waals surface area contributed by atoms with E-state index in [0.29, 0.717) is 6.54 Å². The lowest BCUT2D eigenvalue weighted by molar-refractivity contribution is -0.384. The van der Waals surface area contributed by atoms with Gasteiger partial charge in [-0.3, -0.25) is 14.9 Å². The Bertz CT molecular complexity index is 851. The smallest absolute Gasteiger partial charge is 0.338 e. The highest BCUT2D eigenvalue weighted by atomic mass is 16.6. The third kappa shape index (κ3) is 5.16. The molecule has 0 heterocycles. The SMILES string of the molecule is CCOC(=O)c1cc(C(=O)N(Cc2ccccc2)[C@H](C)CC)cc([N+](=O)[O-])c1. The summed E-state index contributed by atoms with van der Waals surface area (Å²) < 4.78 is 4.94. The Labute approximate surface area is 164 Å². The number of nitro groups is 1. The van der Waals surface area contributed by atoms with Gasteiger partial charge in [0.05, 0.1) is 17.1 Å². The van der Waals surface area contributed by atoms with Crippen molar-refractivity contribution in [1.29, 1.82) is 0 Å². The van der Waals surface area contributed by atoms with Crippen LogP contribution in [-0.4, -0.2) is 34.3 Å². The third-order valence-corrected chi connectivity index (χ3v) is 4.47. The molecule has 28 heavy (non-hydrogen) atoms. The van der Waals surface area contributed by atoms with E-state index in [1.807, 2.05) is 44.2 Å². The Hall–Kier alpha value is -3.22. The summed E-state index contributed by atoms with van der Waals surface area (Å²) in [7, 11) is 0. The van der Waals surface area contributed by atoms with Gasteiger partial charge in [-0.15, -0.1) is 0 Å². The number of carbonyl (C=O) groups excluding carboxylic acids is 2. The highest BCUT2D eigenvalue weighted by Gasteiger charge is 2.25. The van der Waals surface area contributed by atoms with Gasteiger partial charge in [-0.25, -0.2) is 4.79 Å². The molecule has 7 heteroatoms. The Balaban J connectivity index is 2.44. The van der Waals surface area contributed by atoms with Crippen LogP contribution in [0, 0.1) is 10.1 Å². The second kappa shape index (κ2) is 9.64. The van der Waals surface area contributed by atoms with Gasteiger partial charge in [0.2, 0.25) is 0 Å². The van der Waals surface area contributed by atoms with Crippen molar-refractivity contribution in [3.8, 4) is 0 Å². The average Bonchev–Trinajstić information content (AvgIpc) is 2.71. The number of hydrogen-bond donors (Lipinski definition) is 0. The Kier molecular flexibility index (Phi) is 7.26. The van der Waals surface area contributed by atoms with Crippen molar-refractivity contribution in [3.63, 3.8) is 0 Å². The molecule has 1 atom stereocenters. The fraction of sp³-hybridized carbons (Fsp3) is 0.333. The van der Waals surface area contributed by atoms with Crippen molar-refractivity contribution in [1.82, 2.24) is 4.90 Å². The number of carbonyl (C=O) groups is 2. The highest BCUT2D eigenvalue weighted by Crippen LogP contribution is 2.22. The number of rotatable bonds is 8. The molecule has 0 aliphatic carbocycles. The summed E-state index contributed by atoms with van der Waals surface area (Å²) in [4.78, 5) is 37.6. The zero-order chi connectivity index (χ0) is 20.7. The lowest BCUT2D eigenvalue weighted by Crippen LogP contribution is -2.38. The molecule has 0 saturated carbocycles. The molecule has 0 aromatic heterocycles. The number of non-ortho nitro benzene ring substituents is 1. The van der Waals surface area contributed by atoms with Crippen LogP contribution in [0.3, 0.4) is 0 Å². The molecule has 0 aliphatic heterocycles. The van der Waals surface area contributed by atoms with Gasteiger partial charge in [0, 0.05) is 30.3 Å². The molecule has 1 amide bonds. The van der Waals surface area contributed by atoms with Gasteiger partial charge >= 0.3 is 5.97 Å². The van der Waals surface area contributed by atoms with Crippen LogP contribution in [0.25, 0.3) is 0 Å². The number of amides is 1. The fourth-order valence-electron chi connectivity index (χ4n) is 2.77. The molecule has 0 bridgehead atoms. The number of nitrogens with zero attached hydrogens (tertiary/aromatic N) is 2. The number of esters is 1. The molecule has 0 saturated heterocycles. The van der Waals surface area contributed by atoms with Crippen LogP contribution >= 0.6 is 0 Å². The normalized spacial score (nSPS) is 11.5. The van der Waals surface area contributed by atoms with Crippen LogP contribution < -0.4 is 0 Å². The standard InChI is InChI=1S/C21H24N2O5/c1-4-15(3)22(14-16-9-7-6-8-10-16)20(24)17-11-18(21(25)28-5-2)13-19(12-17)23(26)27/h6-13,15H,4-5,14H2,1-3H3/t15-/m1/s1. The summed E-state index contributed by atoms with van der Waals surface area (Å²) in [6, 6.07) is 13.1. The molecule has 0 N–H and O–H groups in total. The van der Waals surface area contributed by atoms with Gasteiger partial charge < -0.3 is 9.64 Å². The molecular weight excluding hydrogens is 360 g/mol. The van der Waals surface area contributed by atoms with E-state index >= 15 is 0 Å². The molecule has 0 spiro atoms. The molecule has 0 aliphatic rings. The maximum atomic E-state index is 13.2. The first-order chi connectivity index (χ1) is 13.4. The molecule has 0 fully saturated rings. The van der Waals surface area contributed by atoms with E-state index in [0.717, 1.165) is 18.1 Å². The van der Waals surface area contributed by atoms with E-state index in [1.165, 1.54) is 12.1 Å². The predicted molar refractivity (Wildman–Crippen MR) is 105 cm³/mol. The minimum Gasteiger partial charge on any atom is -0.462 e. The first kappa shape index (κ1) is 21.1. The Morgan fingerprint density at radius 1 is 1.11 bits per heavy atom. The summed E-state index contributed by atoms with van der Waals surface area (Å²) >= 11 is 0. The van der Waals surface area contributed by atoms with Crippen molar-refractivity contribution < 1.29 is 19.2 Å². The number of nitro benzene ring substituents is 1. The molecule has 0 unspecified atom stereocenters. The molecule has 148 valence electrons. The average molecular weight is 384 g/mol. The van der Waals surface area contributed by atoms with Crippen molar-refractivity contribution in [3.05, 3.63) is 75.3 Å². The van der Waals surface area contributed by atoms with Crippen LogP contribution in [-0.2, 0) is 11.3 Å². The van der Waals surface area contributed by atoms with Crippen LogP contribution in [0.1, 0.15) is 53.5 Å². The Morgan fingerprint density at radius 3 is 2.32 bits per heavy atom. The summed E-state index contributed by atoms with van der Waals surface area (Å²) in [5.41, 5.74) is 0.710. The maximum absolute atomic E-state index is 13.2. The predicted octanol–water partition coefficient (Wildman–Crippen LogP) is 4.21. The van der Waals surface area contributed by atoms with Gasteiger partial charge in [0.1, 0.15) is 0 Å². The number of benzene rings is 2. The quantitative estimate of drug-likeness (QED) is 0.386. The van der Waals surface area contributed by atoms with Gasteiger partial charge in [-0.2, -0.15) is 0 Å². The first-order valence-corrected chi connectivity index (χ1v) is 9.18. The zero-order valence-corrected chi connectivity index (χ0v) is 16.3. The van der Waals surface area contributed by atoms with Crippen LogP contribution in [0.4, 0.5) is 5.69 Å². The second-order valence-electron chi connectivity index (χ2n) is 6.42. The molecule has 2 aromatic rings. The lowest BCUT2D eigenvalue weighted by Gasteiger charge is -2.29. The summed E-state index contributed by atoms with van der Waals surface area (Å²) in [6.07, 6.45) is 0.720. The van der Waals surface area contributed by atoms with E-state index < -0.39 is 10.9 Å². The van der Waals surface area contributed by atoms with Crippen molar-refractivity contribution in [2.24, 2.45) is 0 Å². The minimum atomic E-state index is -0.696. The van der Waals surface area contributed by atoms with Crippen molar-refractivity contribution >= 4 is 17.6 Å². The summed E-state index contributed by atoms with van der Waals surface area (Å²) in [5.74, 6) is -1.06. The Morgan fingerprint density at radius 2 is 1.75 bits per heavy atom. The molecule has 2 aromatic carbocycles. The molecular formula is C21H24N2O5. The maximum Gasteiger partial charge on any atom is 0.338 e. The van der Waals surface area contributed by atoms with Gasteiger partial charge in [-0.05, 0) is 31.9 Å². The van der Waals surface area contributed by atoms with Gasteiger partial charge in [0.15, 0.2) is 0 Å². The van der Waals surface area contributed by atoms with Crippen LogP contribution in [0.15, 0.2) is 48.5 Å². The summed E-state index contributed by atoms with van der Waals surface area (Å²) in [5, 5.41) is 11.3. The van der Waals surface area contributed by atoms with Gasteiger partial charge in [-0.1, -0.05) is 37.3 Å². The second-order valence-corrected chi connectivity index (χ2v) is 6.42. The van der Waals surface area contributed by atoms with Crippen LogP contribution in [0.2, 0.25) is 0 Å². The number of hydrogen-bond acceptors (Lipinski definition) is 5. The number of ether oxygens (including phenoxy) is 1. The van der Waals surface area contributed by atoms with E-state index in [2.05, 4.69) is 0 Å². The van der Waals surface area contributed by atoms with Gasteiger partial charge in [0.25, 0.3) is 11.6 Å². The first-order valence-electron chi connectivity index (χ1n) is 9.18. The largest absolute Gasteiger partial charge is 0.462 e. The third-order valence-electron chi connectivity index (χ3n) is 4.47. The monoisotopic (exact) mass is 384 g/mol. The van der Waals surface area contributed by atoms with E-state index in [1.54, 1.807) is 11.8 Å². The van der Waals surface area contributed by atoms with Crippen molar-refractivity contribution in [2.75, 3.05) is 6.61 Å². The van der Waals surface area contributed by atoms with E-state index in [4.69, 9.17) is 4.74 Å². The highest BCUT2D eigenvalue weighted by molar-refractivity contribution is 5.99. The molecule has 7 nitrogen and oxygen atoms in total. The summed E-state index contributed by atoms with van der Waals surface area (Å²) in [6.45, 7) is 6.04. The van der Waals surface area contributed by atoms with Crippen molar-refractivity contribution in [2.45, 2.75) is 39.8 Å². The molecule has 0 radical (unpaired) electrons. The topological polar surface area (TPSA) is 89.8 Å². The zero-order valence-electron chi connectivity index (χ0n) is 16.3. The van der Waals surface area contributed by atoms with E-state index in [-0.39, 0.29) is 35.4 Å². The van der Waals surface area contributed by atoms with E-state index in [9.17, 15) is 19.7 Å². The fourth-order valence-corrected chi connectivity index (χ4v) is 2.77. The lowest BCUT2D eigenvalue weighted by atomic mass is 10.1. The van der Waals surface area contributed by atoms with Crippen LogP contribution in [0.5, 0.6) is 0 Å². The minimum absolute atomic E-state index is 0.0109. The molecule has 2 rings (SSSR count).